The van der Waals surface area contributed by atoms with Gasteiger partial charge in [0.1, 0.15) is 5.82 Å². The first kappa shape index (κ1) is 18.2. The Morgan fingerprint density at radius 2 is 1.96 bits per heavy atom. The molecule has 3 rings (SSSR count). The summed E-state index contributed by atoms with van der Waals surface area (Å²) < 4.78 is 37.7. The highest BCUT2D eigenvalue weighted by Gasteiger charge is 2.39. The van der Waals surface area contributed by atoms with E-state index in [1.54, 1.807) is 10.4 Å². The number of para-hydroxylation sites is 1. The first-order chi connectivity index (χ1) is 11.9. The van der Waals surface area contributed by atoms with Crippen molar-refractivity contribution in [2.45, 2.75) is 31.4 Å². The normalized spacial score (nSPS) is 20.2. The van der Waals surface area contributed by atoms with E-state index in [0.29, 0.717) is 18.5 Å². The molecule has 136 valence electrons. The quantitative estimate of drug-likeness (QED) is 0.663. The number of nitrogens with one attached hydrogen (secondary N) is 1. The molecule has 0 aliphatic carbocycles. The summed E-state index contributed by atoms with van der Waals surface area (Å²) in [5.41, 5.74) is 3.21. The van der Waals surface area contributed by atoms with Crippen LogP contribution in [0.1, 0.15) is 24.0 Å². The van der Waals surface area contributed by atoms with E-state index in [0.717, 1.165) is 29.8 Å². The molecule has 0 radical (unpaired) electrons. The summed E-state index contributed by atoms with van der Waals surface area (Å²) in [4.78, 5) is 0. The Morgan fingerprint density at radius 1 is 1.20 bits per heavy atom. The van der Waals surface area contributed by atoms with Gasteiger partial charge in [-0.25, -0.2) is 8.70 Å². The summed E-state index contributed by atoms with van der Waals surface area (Å²) >= 11 is 0. The van der Waals surface area contributed by atoms with Gasteiger partial charge in [-0.15, -0.1) is 10.8 Å². The monoisotopic (exact) mass is 364 g/mol. The second kappa shape index (κ2) is 7.33. The van der Waals surface area contributed by atoms with Crippen LogP contribution < -0.4 is 9.62 Å². The van der Waals surface area contributed by atoms with Gasteiger partial charge in [-0.05, 0) is 75.2 Å². The highest BCUT2D eigenvalue weighted by molar-refractivity contribution is 8.26. The number of nitrogens with zero attached hydrogens (tertiary/aromatic N) is 1. The van der Waals surface area contributed by atoms with E-state index in [9.17, 15) is 13.5 Å². The lowest BCUT2D eigenvalue weighted by Crippen LogP contribution is -2.38. The van der Waals surface area contributed by atoms with E-state index in [4.69, 9.17) is 0 Å². The van der Waals surface area contributed by atoms with Crippen molar-refractivity contribution in [3.63, 3.8) is 0 Å². The minimum Gasteiger partial charge on any atom is -0.320 e. The topological polar surface area (TPSA) is 55.7 Å². The van der Waals surface area contributed by atoms with Gasteiger partial charge in [0.2, 0.25) is 0 Å². The number of fused-ring (bicyclic) bond motifs is 1. The van der Waals surface area contributed by atoms with Crippen LogP contribution in [0.25, 0.3) is 0 Å². The minimum atomic E-state index is -3.06. The van der Waals surface area contributed by atoms with E-state index in [1.807, 2.05) is 38.2 Å². The molecule has 1 unspecified atom stereocenters. The zero-order valence-corrected chi connectivity index (χ0v) is 15.4. The van der Waals surface area contributed by atoms with Crippen molar-refractivity contribution in [1.82, 2.24) is 5.32 Å². The molecule has 25 heavy (non-hydrogen) atoms. The van der Waals surface area contributed by atoms with Crippen LogP contribution in [0, 0.1) is 12.7 Å². The zero-order chi connectivity index (χ0) is 18.0. The van der Waals surface area contributed by atoms with Crippen molar-refractivity contribution in [1.29, 1.82) is 0 Å². The maximum absolute atomic E-state index is 13.8. The van der Waals surface area contributed by atoms with Gasteiger partial charge in [-0.3, -0.25) is 9.11 Å². The lowest BCUT2D eigenvalue weighted by atomic mass is 10.0. The molecule has 0 amide bonds. The molecule has 4 nitrogen and oxygen atoms in total. The Labute approximate surface area is 150 Å². The number of aryl methyl sites for hydroxylation is 1. The molecule has 0 fully saturated rings. The van der Waals surface area contributed by atoms with E-state index < -0.39 is 10.8 Å². The van der Waals surface area contributed by atoms with Crippen LogP contribution in [-0.4, -0.2) is 27.9 Å². The molecule has 1 aliphatic heterocycles. The van der Waals surface area contributed by atoms with Crippen LogP contribution >= 0.6 is 10.8 Å². The van der Waals surface area contributed by atoms with E-state index in [-0.39, 0.29) is 11.1 Å². The first-order valence-corrected chi connectivity index (χ1v) is 10.1. The summed E-state index contributed by atoms with van der Waals surface area (Å²) in [6.07, 6.45) is 1.98. The number of hydrogen-bond donors (Lipinski definition) is 3. The van der Waals surface area contributed by atoms with Gasteiger partial charge in [-0.2, -0.15) is 0 Å². The number of rotatable bonds is 5. The maximum atomic E-state index is 13.8. The molecule has 0 aromatic heterocycles. The molecule has 1 atom stereocenters. The van der Waals surface area contributed by atoms with Crippen molar-refractivity contribution in [3.05, 3.63) is 59.4 Å². The van der Waals surface area contributed by atoms with Crippen molar-refractivity contribution >= 4 is 22.2 Å². The predicted molar refractivity (Wildman–Crippen MR) is 103 cm³/mol. The second-order valence-corrected chi connectivity index (χ2v) is 8.64. The number of anilines is 2. The zero-order valence-electron chi connectivity index (χ0n) is 14.6. The van der Waals surface area contributed by atoms with Crippen LogP contribution in [0.15, 0.2) is 42.5 Å². The Morgan fingerprint density at radius 3 is 2.68 bits per heavy atom. The van der Waals surface area contributed by atoms with Crippen molar-refractivity contribution in [2.24, 2.45) is 0 Å². The predicted octanol–water partition coefficient (Wildman–Crippen LogP) is 4.86. The molecule has 6 heteroatoms. The summed E-state index contributed by atoms with van der Waals surface area (Å²) in [5, 5.41) is 2.76. The average molecular weight is 364 g/mol. The molecular weight excluding hydrogens is 339 g/mol. The fourth-order valence-electron chi connectivity index (χ4n) is 3.40. The fraction of sp³-hybridized carbons (Fsp3) is 0.368. The molecule has 0 spiro atoms. The molecule has 3 N–H and O–H groups in total. The molecule has 0 bridgehead atoms. The smallest absolute Gasteiger partial charge is 0.123 e. The third kappa shape index (κ3) is 3.53. The van der Waals surface area contributed by atoms with E-state index >= 15 is 0 Å². The van der Waals surface area contributed by atoms with Crippen LogP contribution in [0.5, 0.6) is 0 Å². The van der Waals surface area contributed by atoms with E-state index in [2.05, 4.69) is 5.32 Å². The van der Waals surface area contributed by atoms with Gasteiger partial charge < -0.3 is 5.32 Å². The fourth-order valence-corrected chi connectivity index (χ4v) is 5.55. The summed E-state index contributed by atoms with van der Waals surface area (Å²) in [7, 11) is -1.19. The number of benzene rings is 2. The average Bonchev–Trinajstić information content (AvgIpc) is 2.57. The molecular formula is C19H25FN2O2S. The van der Waals surface area contributed by atoms with Crippen molar-refractivity contribution < 1.29 is 13.5 Å². The van der Waals surface area contributed by atoms with Crippen LogP contribution in [0.2, 0.25) is 0 Å². The SMILES string of the molecule is CNCCCC1Cc2cc(F)ccc2N(c2ccccc2C)S1(O)O. The molecule has 2 aromatic carbocycles. The van der Waals surface area contributed by atoms with Gasteiger partial charge in [0.05, 0.1) is 16.6 Å². The van der Waals surface area contributed by atoms with E-state index in [1.165, 1.54) is 12.1 Å². The van der Waals surface area contributed by atoms with Crippen LogP contribution in [0.4, 0.5) is 15.8 Å². The van der Waals surface area contributed by atoms with Gasteiger partial charge in [0.25, 0.3) is 0 Å². The Kier molecular flexibility index (Phi) is 5.34. The maximum Gasteiger partial charge on any atom is 0.123 e. The molecule has 2 aromatic rings. The van der Waals surface area contributed by atoms with Gasteiger partial charge in [0, 0.05) is 0 Å². The third-order valence-electron chi connectivity index (χ3n) is 4.71. The van der Waals surface area contributed by atoms with Crippen LogP contribution in [-0.2, 0) is 6.42 Å². The molecule has 0 saturated heterocycles. The second-order valence-electron chi connectivity index (χ2n) is 6.49. The van der Waals surface area contributed by atoms with Gasteiger partial charge in [0.15, 0.2) is 0 Å². The Hall–Kier alpha value is -1.60. The van der Waals surface area contributed by atoms with Gasteiger partial charge >= 0.3 is 0 Å². The largest absolute Gasteiger partial charge is 0.320 e. The van der Waals surface area contributed by atoms with Crippen LogP contribution in [0.3, 0.4) is 0 Å². The van der Waals surface area contributed by atoms with Crippen molar-refractivity contribution in [2.75, 3.05) is 17.9 Å². The number of hydrogen-bond acceptors (Lipinski definition) is 4. The minimum absolute atomic E-state index is 0.296. The van der Waals surface area contributed by atoms with Crippen molar-refractivity contribution in [3.8, 4) is 0 Å². The standard InChI is InChI=1S/C19H25FN2O2S/c1-14-6-3-4-8-18(14)22-19-10-9-16(20)12-15(19)13-17(25(22,23)24)7-5-11-21-2/h3-4,6,8-10,12,17,21,23-24H,5,7,11,13H2,1-2H3. The molecule has 1 aliphatic rings. The first-order valence-electron chi connectivity index (χ1n) is 8.51. The lowest BCUT2D eigenvalue weighted by Gasteiger charge is -2.53. The van der Waals surface area contributed by atoms with Gasteiger partial charge in [-0.1, -0.05) is 18.2 Å². The molecule has 0 saturated carbocycles. The number of halogens is 1. The summed E-state index contributed by atoms with van der Waals surface area (Å²) in [6, 6.07) is 12.2. The lowest BCUT2D eigenvalue weighted by molar-refractivity contribution is 0.454. The molecule has 1 heterocycles. The highest BCUT2D eigenvalue weighted by atomic mass is 32.3. The summed E-state index contributed by atoms with van der Waals surface area (Å²) in [6.45, 7) is 2.76. The summed E-state index contributed by atoms with van der Waals surface area (Å²) in [5.74, 6) is -0.296. The Balaban J connectivity index is 2.08. The third-order valence-corrected chi connectivity index (χ3v) is 6.94. The Bertz CT molecular complexity index is 754. The highest BCUT2D eigenvalue weighted by Crippen LogP contribution is 2.61.